The smallest absolute Gasteiger partial charge is 0.240 e. The molecule has 0 radical (unpaired) electrons. The lowest BCUT2D eigenvalue weighted by Gasteiger charge is -2.09. The van der Waals surface area contributed by atoms with E-state index < -0.39 is 10.0 Å². The van der Waals surface area contributed by atoms with Crippen molar-refractivity contribution in [2.45, 2.75) is 18.2 Å². The molecule has 0 spiro atoms. The Kier molecular flexibility index (Phi) is 5.13. The minimum atomic E-state index is -3.83. The third-order valence-corrected chi connectivity index (χ3v) is 3.33. The molecule has 1 amide bonds. The molecule has 0 aliphatic carbocycles. The van der Waals surface area contributed by atoms with Gasteiger partial charge < -0.3 is 16.4 Å². The molecule has 106 valence electrons. The summed E-state index contributed by atoms with van der Waals surface area (Å²) >= 11 is 0. The first-order valence-corrected chi connectivity index (χ1v) is 7.32. The quantitative estimate of drug-likeness (QED) is 0.541. The van der Waals surface area contributed by atoms with Crippen LogP contribution in [0.4, 0.5) is 11.4 Å². The Morgan fingerprint density at radius 3 is 2.58 bits per heavy atom. The Balaban J connectivity index is 2.67. The van der Waals surface area contributed by atoms with Gasteiger partial charge in [-0.1, -0.05) is 6.92 Å². The highest BCUT2D eigenvalue weighted by molar-refractivity contribution is 7.89. The summed E-state index contributed by atoms with van der Waals surface area (Å²) in [4.78, 5) is 11.2. The van der Waals surface area contributed by atoms with E-state index in [0.29, 0.717) is 12.2 Å². The van der Waals surface area contributed by atoms with Crippen LogP contribution in [0.25, 0.3) is 0 Å². The molecule has 0 aromatic heterocycles. The second-order valence-electron chi connectivity index (χ2n) is 4.00. The molecule has 1 rings (SSSR count). The molecule has 0 unspecified atom stereocenters. The molecule has 0 bridgehead atoms. The number of sulfonamides is 1. The fourth-order valence-electron chi connectivity index (χ4n) is 1.43. The first-order chi connectivity index (χ1) is 8.84. The molecule has 1 aromatic carbocycles. The lowest BCUT2D eigenvalue weighted by Crippen LogP contribution is -2.30. The van der Waals surface area contributed by atoms with E-state index in [1.807, 2.05) is 6.92 Å². The average molecular weight is 286 g/mol. The summed E-state index contributed by atoms with van der Waals surface area (Å²) in [7, 11) is -3.83. The standard InChI is InChI=1S/C11H18N4O3S/c1-2-5-14-11(16)7-15-8-3-4-10(9(12)6-8)19(13,17)18/h3-4,6,15H,2,5,7,12H2,1H3,(H,14,16)(H2,13,17,18). The van der Waals surface area contributed by atoms with Crippen LogP contribution in [0, 0.1) is 0 Å². The number of hydrogen-bond donors (Lipinski definition) is 4. The minimum Gasteiger partial charge on any atom is -0.398 e. The lowest BCUT2D eigenvalue weighted by molar-refractivity contribution is -0.119. The molecule has 0 saturated heterocycles. The van der Waals surface area contributed by atoms with Crippen LogP contribution in [0.1, 0.15) is 13.3 Å². The zero-order valence-electron chi connectivity index (χ0n) is 10.6. The van der Waals surface area contributed by atoms with Crippen molar-refractivity contribution >= 4 is 27.3 Å². The number of hydrogen-bond acceptors (Lipinski definition) is 5. The Bertz CT molecular complexity index is 557. The van der Waals surface area contributed by atoms with Gasteiger partial charge in [-0.2, -0.15) is 0 Å². The van der Waals surface area contributed by atoms with Gasteiger partial charge in [-0.25, -0.2) is 13.6 Å². The highest BCUT2D eigenvalue weighted by atomic mass is 32.2. The van der Waals surface area contributed by atoms with Crippen LogP contribution >= 0.6 is 0 Å². The maximum absolute atomic E-state index is 11.4. The zero-order valence-corrected chi connectivity index (χ0v) is 11.5. The van der Waals surface area contributed by atoms with Crippen molar-refractivity contribution in [1.82, 2.24) is 5.32 Å². The molecule has 0 atom stereocenters. The molecule has 8 heteroatoms. The lowest BCUT2D eigenvalue weighted by atomic mass is 10.3. The van der Waals surface area contributed by atoms with Crippen molar-refractivity contribution in [3.8, 4) is 0 Å². The van der Waals surface area contributed by atoms with Gasteiger partial charge in [-0.15, -0.1) is 0 Å². The Hall–Kier alpha value is -1.80. The van der Waals surface area contributed by atoms with E-state index in [0.717, 1.165) is 6.42 Å². The molecule has 0 aliphatic rings. The van der Waals surface area contributed by atoms with Crippen molar-refractivity contribution in [3.63, 3.8) is 0 Å². The molecule has 19 heavy (non-hydrogen) atoms. The Labute approximate surface area is 112 Å². The van der Waals surface area contributed by atoms with Crippen LogP contribution in [0.5, 0.6) is 0 Å². The number of amides is 1. The van der Waals surface area contributed by atoms with Crippen LogP contribution < -0.4 is 21.5 Å². The number of benzene rings is 1. The number of primary sulfonamides is 1. The van der Waals surface area contributed by atoms with Gasteiger partial charge in [0.2, 0.25) is 15.9 Å². The van der Waals surface area contributed by atoms with Gasteiger partial charge in [-0.3, -0.25) is 4.79 Å². The molecule has 0 fully saturated rings. The molecule has 0 heterocycles. The maximum atomic E-state index is 11.4. The van der Waals surface area contributed by atoms with Crippen LogP contribution in [-0.4, -0.2) is 27.4 Å². The molecule has 0 aliphatic heterocycles. The summed E-state index contributed by atoms with van der Waals surface area (Å²) < 4.78 is 22.3. The molecular formula is C11H18N4O3S. The average Bonchev–Trinajstić information content (AvgIpc) is 2.32. The first-order valence-electron chi connectivity index (χ1n) is 5.77. The van der Waals surface area contributed by atoms with Gasteiger partial charge in [0.25, 0.3) is 0 Å². The third-order valence-electron chi connectivity index (χ3n) is 2.34. The number of carbonyl (C=O) groups excluding carboxylic acids is 1. The van der Waals surface area contributed by atoms with E-state index in [4.69, 9.17) is 10.9 Å². The normalized spacial score (nSPS) is 11.1. The fourth-order valence-corrected chi connectivity index (χ4v) is 2.07. The predicted octanol–water partition coefficient (Wildman–Crippen LogP) is -0.146. The number of rotatable bonds is 6. The van der Waals surface area contributed by atoms with E-state index in [9.17, 15) is 13.2 Å². The van der Waals surface area contributed by atoms with E-state index in [1.165, 1.54) is 18.2 Å². The Morgan fingerprint density at radius 1 is 1.37 bits per heavy atom. The third kappa shape index (κ3) is 4.76. The summed E-state index contributed by atoms with van der Waals surface area (Å²) in [5.74, 6) is -0.143. The highest BCUT2D eigenvalue weighted by Crippen LogP contribution is 2.21. The van der Waals surface area contributed by atoms with E-state index in [-0.39, 0.29) is 23.0 Å². The van der Waals surface area contributed by atoms with Gasteiger partial charge in [0.1, 0.15) is 4.90 Å². The number of nitrogens with one attached hydrogen (secondary N) is 2. The molecular weight excluding hydrogens is 268 g/mol. The van der Waals surface area contributed by atoms with Crippen LogP contribution in [-0.2, 0) is 14.8 Å². The number of anilines is 2. The summed E-state index contributed by atoms with van der Waals surface area (Å²) in [6.45, 7) is 2.67. The van der Waals surface area contributed by atoms with Gasteiger partial charge in [0.15, 0.2) is 0 Å². The number of nitrogens with two attached hydrogens (primary N) is 2. The van der Waals surface area contributed by atoms with Gasteiger partial charge >= 0.3 is 0 Å². The SMILES string of the molecule is CCCNC(=O)CNc1ccc(S(N)(=O)=O)c(N)c1. The van der Waals surface area contributed by atoms with Crippen molar-refractivity contribution < 1.29 is 13.2 Å². The summed E-state index contributed by atoms with van der Waals surface area (Å²) in [6.07, 6.45) is 0.863. The fraction of sp³-hybridized carbons (Fsp3) is 0.364. The van der Waals surface area contributed by atoms with E-state index in [2.05, 4.69) is 10.6 Å². The summed E-state index contributed by atoms with van der Waals surface area (Å²) in [6, 6.07) is 4.23. The number of nitrogen functional groups attached to an aromatic ring is 1. The Morgan fingerprint density at radius 2 is 2.05 bits per heavy atom. The number of carbonyl (C=O) groups is 1. The summed E-state index contributed by atoms with van der Waals surface area (Å²) in [5.41, 5.74) is 6.19. The van der Waals surface area contributed by atoms with Crippen molar-refractivity contribution in [1.29, 1.82) is 0 Å². The van der Waals surface area contributed by atoms with Crippen molar-refractivity contribution in [3.05, 3.63) is 18.2 Å². The highest BCUT2D eigenvalue weighted by Gasteiger charge is 2.12. The molecule has 1 aromatic rings. The molecule has 7 nitrogen and oxygen atoms in total. The molecule has 6 N–H and O–H groups in total. The monoisotopic (exact) mass is 286 g/mol. The second-order valence-corrected chi connectivity index (χ2v) is 5.53. The predicted molar refractivity (Wildman–Crippen MR) is 74.0 cm³/mol. The van der Waals surface area contributed by atoms with Gasteiger partial charge in [0.05, 0.1) is 12.2 Å². The van der Waals surface area contributed by atoms with Crippen LogP contribution in [0.2, 0.25) is 0 Å². The van der Waals surface area contributed by atoms with Gasteiger partial charge in [-0.05, 0) is 24.6 Å². The van der Waals surface area contributed by atoms with Gasteiger partial charge in [0, 0.05) is 12.2 Å². The maximum Gasteiger partial charge on any atom is 0.240 e. The van der Waals surface area contributed by atoms with E-state index >= 15 is 0 Å². The van der Waals surface area contributed by atoms with Crippen LogP contribution in [0.15, 0.2) is 23.1 Å². The first kappa shape index (κ1) is 15.3. The van der Waals surface area contributed by atoms with E-state index in [1.54, 1.807) is 0 Å². The zero-order chi connectivity index (χ0) is 14.5. The van der Waals surface area contributed by atoms with Crippen molar-refractivity contribution in [2.24, 2.45) is 5.14 Å². The van der Waals surface area contributed by atoms with Crippen molar-refractivity contribution in [2.75, 3.05) is 24.1 Å². The molecule has 0 saturated carbocycles. The summed E-state index contributed by atoms with van der Waals surface area (Å²) in [5, 5.41) is 10.5. The largest absolute Gasteiger partial charge is 0.398 e. The second kappa shape index (κ2) is 6.39. The van der Waals surface area contributed by atoms with Crippen LogP contribution in [0.3, 0.4) is 0 Å². The minimum absolute atomic E-state index is 0.0430. The topological polar surface area (TPSA) is 127 Å².